The summed E-state index contributed by atoms with van der Waals surface area (Å²) in [5.41, 5.74) is 1.57. The summed E-state index contributed by atoms with van der Waals surface area (Å²) in [6.07, 6.45) is 0. The largest absolute Gasteiger partial charge is 0.507 e. The Hall–Kier alpha value is -2.53. The molecule has 2 aromatic carbocycles. The third-order valence-electron chi connectivity index (χ3n) is 3.20. The molecule has 0 spiro atoms. The second-order valence-corrected chi connectivity index (χ2v) is 5.48. The van der Waals surface area contributed by atoms with Gasteiger partial charge in [-0.25, -0.2) is 0 Å². The number of rotatable bonds is 5. The summed E-state index contributed by atoms with van der Waals surface area (Å²) < 4.78 is 0. The molecular weight excluding hydrogens is 316 g/mol. The number of halogens is 1. The van der Waals surface area contributed by atoms with Crippen LogP contribution in [0.3, 0.4) is 0 Å². The van der Waals surface area contributed by atoms with Crippen LogP contribution < -0.4 is 10.6 Å². The molecule has 0 saturated heterocycles. The molecule has 0 heterocycles. The molecule has 0 aliphatic rings. The van der Waals surface area contributed by atoms with Gasteiger partial charge >= 0.3 is 0 Å². The van der Waals surface area contributed by atoms with E-state index in [-0.39, 0.29) is 36.2 Å². The number of aromatic hydroxyl groups is 1. The summed E-state index contributed by atoms with van der Waals surface area (Å²) in [5.74, 6) is -0.690. The molecule has 0 aliphatic carbocycles. The van der Waals surface area contributed by atoms with Crippen molar-refractivity contribution in [2.24, 2.45) is 0 Å². The minimum absolute atomic E-state index is 0.0623. The molecule has 3 N–H and O–H groups in total. The van der Waals surface area contributed by atoms with Gasteiger partial charge in [0.2, 0.25) is 0 Å². The first kappa shape index (κ1) is 16.8. The third-order valence-corrected chi connectivity index (χ3v) is 3.45. The normalized spacial score (nSPS) is 10.2. The SMILES string of the molecule is Cc1ccc(C(=O)NCCNC(=O)c2ccc(Cl)cc2)c(O)c1. The first-order valence-corrected chi connectivity index (χ1v) is 7.47. The van der Waals surface area contributed by atoms with Crippen molar-refractivity contribution in [2.45, 2.75) is 6.92 Å². The Bertz CT molecular complexity index is 714. The summed E-state index contributed by atoms with van der Waals surface area (Å²) in [5, 5.41) is 15.6. The van der Waals surface area contributed by atoms with Crippen LogP contribution in [0.2, 0.25) is 5.02 Å². The van der Waals surface area contributed by atoms with Crippen LogP contribution in [0.1, 0.15) is 26.3 Å². The van der Waals surface area contributed by atoms with E-state index in [0.29, 0.717) is 10.6 Å². The van der Waals surface area contributed by atoms with E-state index in [1.165, 1.54) is 6.07 Å². The van der Waals surface area contributed by atoms with Gasteiger partial charge in [0.15, 0.2) is 0 Å². The van der Waals surface area contributed by atoms with Crippen molar-refractivity contribution in [3.8, 4) is 5.75 Å². The number of hydrogen-bond donors (Lipinski definition) is 3. The fraction of sp³-hybridized carbons (Fsp3) is 0.176. The van der Waals surface area contributed by atoms with Crippen molar-refractivity contribution >= 4 is 23.4 Å². The number of aryl methyl sites for hydroxylation is 1. The van der Waals surface area contributed by atoms with Gasteiger partial charge in [0.1, 0.15) is 5.75 Å². The van der Waals surface area contributed by atoms with E-state index in [4.69, 9.17) is 11.6 Å². The van der Waals surface area contributed by atoms with Gasteiger partial charge in [-0.1, -0.05) is 17.7 Å². The zero-order valence-corrected chi connectivity index (χ0v) is 13.4. The van der Waals surface area contributed by atoms with Gasteiger partial charge in [0.25, 0.3) is 11.8 Å². The third kappa shape index (κ3) is 4.72. The monoisotopic (exact) mass is 332 g/mol. The fourth-order valence-electron chi connectivity index (χ4n) is 1.98. The number of carbonyl (C=O) groups excluding carboxylic acids is 2. The van der Waals surface area contributed by atoms with E-state index in [0.717, 1.165) is 5.56 Å². The summed E-state index contributed by atoms with van der Waals surface area (Å²) in [6, 6.07) is 11.4. The molecule has 5 nitrogen and oxygen atoms in total. The minimum Gasteiger partial charge on any atom is -0.507 e. The van der Waals surface area contributed by atoms with Crippen molar-refractivity contribution in [1.82, 2.24) is 10.6 Å². The molecule has 2 aromatic rings. The number of phenolic OH excluding ortho intramolecular Hbond substituents is 1. The van der Waals surface area contributed by atoms with Gasteiger partial charge in [-0.3, -0.25) is 9.59 Å². The molecule has 2 rings (SSSR count). The van der Waals surface area contributed by atoms with Crippen LogP contribution in [-0.2, 0) is 0 Å². The van der Waals surface area contributed by atoms with Crippen LogP contribution in [0.4, 0.5) is 0 Å². The average Bonchev–Trinajstić information content (AvgIpc) is 2.51. The summed E-state index contributed by atoms with van der Waals surface area (Å²) in [7, 11) is 0. The maximum absolute atomic E-state index is 11.9. The topological polar surface area (TPSA) is 78.4 Å². The smallest absolute Gasteiger partial charge is 0.255 e. The lowest BCUT2D eigenvalue weighted by atomic mass is 10.1. The molecule has 0 bridgehead atoms. The molecule has 0 saturated carbocycles. The van der Waals surface area contributed by atoms with Crippen molar-refractivity contribution in [2.75, 3.05) is 13.1 Å². The standard InChI is InChI=1S/C17H17ClN2O3/c1-11-2-7-14(15(21)10-11)17(23)20-9-8-19-16(22)12-3-5-13(18)6-4-12/h2-7,10,21H,8-9H2,1H3,(H,19,22)(H,20,23). The Morgan fingerprint density at radius 1 is 1.00 bits per heavy atom. The highest BCUT2D eigenvalue weighted by Crippen LogP contribution is 2.17. The maximum Gasteiger partial charge on any atom is 0.255 e. The van der Waals surface area contributed by atoms with Gasteiger partial charge in [-0.2, -0.15) is 0 Å². The highest BCUT2D eigenvalue weighted by molar-refractivity contribution is 6.30. The minimum atomic E-state index is -0.386. The Kier molecular flexibility index (Phi) is 5.60. The second kappa shape index (κ2) is 7.65. The van der Waals surface area contributed by atoms with Crippen molar-refractivity contribution in [1.29, 1.82) is 0 Å². The molecule has 0 aromatic heterocycles. The molecule has 120 valence electrons. The highest BCUT2D eigenvalue weighted by atomic mass is 35.5. The maximum atomic E-state index is 11.9. The molecule has 0 unspecified atom stereocenters. The van der Waals surface area contributed by atoms with Gasteiger partial charge in [-0.15, -0.1) is 0 Å². The van der Waals surface area contributed by atoms with Crippen LogP contribution in [-0.4, -0.2) is 30.0 Å². The number of hydrogen-bond acceptors (Lipinski definition) is 3. The van der Waals surface area contributed by atoms with Crippen LogP contribution in [0, 0.1) is 6.92 Å². The summed E-state index contributed by atoms with van der Waals surface area (Å²) in [4.78, 5) is 23.8. The average molecular weight is 333 g/mol. The highest BCUT2D eigenvalue weighted by Gasteiger charge is 2.10. The number of benzene rings is 2. The van der Waals surface area contributed by atoms with E-state index >= 15 is 0 Å². The number of carbonyl (C=O) groups is 2. The van der Waals surface area contributed by atoms with E-state index < -0.39 is 0 Å². The van der Waals surface area contributed by atoms with Crippen LogP contribution in [0.15, 0.2) is 42.5 Å². The predicted octanol–water partition coefficient (Wildman–Crippen LogP) is 2.51. The Morgan fingerprint density at radius 2 is 1.61 bits per heavy atom. The molecule has 0 radical (unpaired) electrons. The molecule has 2 amide bonds. The zero-order chi connectivity index (χ0) is 16.8. The number of amides is 2. The van der Waals surface area contributed by atoms with Gasteiger partial charge < -0.3 is 15.7 Å². The van der Waals surface area contributed by atoms with Crippen molar-refractivity contribution < 1.29 is 14.7 Å². The van der Waals surface area contributed by atoms with E-state index in [9.17, 15) is 14.7 Å². The fourth-order valence-corrected chi connectivity index (χ4v) is 2.11. The molecular formula is C17H17ClN2O3. The second-order valence-electron chi connectivity index (χ2n) is 5.04. The quantitative estimate of drug-likeness (QED) is 0.736. The first-order chi connectivity index (χ1) is 11.0. The summed E-state index contributed by atoms with van der Waals surface area (Å²) >= 11 is 5.76. The predicted molar refractivity (Wildman–Crippen MR) is 89.0 cm³/mol. The van der Waals surface area contributed by atoms with E-state index in [1.807, 2.05) is 6.92 Å². The lowest BCUT2D eigenvalue weighted by Gasteiger charge is -2.09. The van der Waals surface area contributed by atoms with Gasteiger partial charge in [0, 0.05) is 23.7 Å². The van der Waals surface area contributed by atoms with Crippen LogP contribution in [0.25, 0.3) is 0 Å². The lowest BCUT2D eigenvalue weighted by molar-refractivity contribution is 0.0926. The zero-order valence-electron chi connectivity index (χ0n) is 12.6. The van der Waals surface area contributed by atoms with Crippen molar-refractivity contribution in [3.05, 3.63) is 64.2 Å². The van der Waals surface area contributed by atoms with Gasteiger partial charge in [0.05, 0.1) is 5.56 Å². The van der Waals surface area contributed by atoms with Crippen molar-refractivity contribution in [3.63, 3.8) is 0 Å². The Labute approximate surface area is 139 Å². The summed E-state index contributed by atoms with van der Waals surface area (Å²) in [6.45, 7) is 2.36. The lowest BCUT2D eigenvalue weighted by Crippen LogP contribution is -2.34. The number of phenols is 1. The molecule has 6 heteroatoms. The Morgan fingerprint density at radius 3 is 2.22 bits per heavy atom. The molecule has 0 aliphatic heterocycles. The molecule has 0 fully saturated rings. The molecule has 23 heavy (non-hydrogen) atoms. The van der Waals surface area contributed by atoms with E-state index in [1.54, 1.807) is 36.4 Å². The Balaban J connectivity index is 1.79. The van der Waals surface area contributed by atoms with Crippen LogP contribution in [0.5, 0.6) is 5.75 Å². The van der Waals surface area contributed by atoms with E-state index in [2.05, 4.69) is 10.6 Å². The van der Waals surface area contributed by atoms with Crippen LogP contribution >= 0.6 is 11.6 Å². The molecule has 0 atom stereocenters. The first-order valence-electron chi connectivity index (χ1n) is 7.09. The number of nitrogens with one attached hydrogen (secondary N) is 2. The van der Waals surface area contributed by atoms with Gasteiger partial charge in [-0.05, 0) is 48.9 Å².